The van der Waals surface area contributed by atoms with Gasteiger partial charge in [-0.1, -0.05) is 66.7 Å². The van der Waals surface area contributed by atoms with E-state index in [2.05, 4.69) is 65.2 Å². The van der Waals surface area contributed by atoms with Crippen LogP contribution in [0.15, 0.2) is 103 Å². The Labute approximate surface area is 205 Å². The van der Waals surface area contributed by atoms with Gasteiger partial charge in [0.2, 0.25) is 11.4 Å². The Kier molecular flexibility index (Phi) is 9.08. The van der Waals surface area contributed by atoms with Crippen LogP contribution in [0.3, 0.4) is 0 Å². The Morgan fingerprint density at radius 1 is 0.686 bits per heavy atom. The Balaban J connectivity index is 0.000000623. The normalized spacial score (nSPS) is 10.8. The van der Waals surface area contributed by atoms with Crippen LogP contribution in [0.4, 0.5) is 0 Å². The first-order chi connectivity index (χ1) is 16.7. The smallest absolute Gasteiger partial charge is 0.302 e. The molecule has 8 heteroatoms. The van der Waals surface area contributed by atoms with Crippen LogP contribution in [-0.4, -0.2) is 12.6 Å². The van der Waals surface area contributed by atoms with Crippen molar-refractivity contribution >= 4 is 5.97 Å². The van der Waals surface area contributed by atoms with Crippen LogP contribution in [0.2, 0.25) is 0 Å². The van der Waals surface area contributed by atoms with Gasteiger partial charge in [-0.25, -0.2) is 18.6 Å². The summed E-state index contributed by atoms with van der Waals surface area (Å²) in [4.78, 5) is 11.4. The zero-order valence-electron chi connectivity index (χ0n) is 19.0. The molecule has 35 heavy (non-hydrogen) atoms. The summed E-state index contributed by atoms with van der Waals surface area (Å²) in [6.07, 6.45) is 0. The van der Waals surface area contributed by atoms with E-state index in [1.54, 1.807) is 0 Å². The summed E-state index contributed by atoms with van der Waals surface area (Å²) in [5, 5.41) is 0. The molecule has 0 bridgehead atoms. The summed E-state index contributed by atoms with van der Waals surface area (Å²) < 4.78 is 41.5. The van der Waals surface area contributed by atoms with Crippen molar-refractivity contribution in [3.63, 3.8) is 0 Å². The van der Waals surface area contributed by atoms with Gasteiger partial charge in [0.05, 0.1) is 0 Å². The number of benzene rings is 3. The van der Waals surface area contributed by atoms with E-state index in [1.807, 2.05) is 42.5 Å². The number of hydrogen-bond acceptors (Lipinski definition) is 6. The van der Waals surface area contributed by atoms with E-state index in [-0.39, 0.29) is 5.97 Å². The summed E-state index contributed by atoms with van der Waals surface area (Å²) in [5.74, 6) is -0.265. The lowest BCUT2D eigenvalue weighted by atomic mass is 9.99. The molecule has 0 unspecified atom stereocenters. The average molecular weight is 494 g/mol. The fraction of sp³-hybridized carbons (Fsp3) is 0.111. The molecule has 0 spiro atoms. The Bertz CT molecular complexity index is 1160. The minimum absolute atomic E-state index is 0.265. The minimum atomic E-state index is -4.94. The third-order valence-corrected chi connectivity index (χ3v) is 5.03. The molecule has 1 heterocycles. The highest BCUT2D eigenvalue weighted by Gasteiger charge is 2.22. The van der Waals surface area contributed by atoms with E-state index in [0.717, 1.165) is 28.1 Å². The van der Waals surface area contributed by atoms with Gasteiger partial charge in [0.15, 0.2) is 13.2 Å². The molecule has 0 saturated heterocycles. The maximum Gasteiger partial charge on any atom is 0.302 e. The van der Waals surface area contributed by atoms with Crippen molar-refractivity contribution in [2.45, 2.75) is 13.5 Å². The number of carbonyl (C=O) groups excluding carboxylic acids is 1. The molecular weight excluding hydrogens is 470 g/mol. The lowest BCUT2D eigenvalue weighted by Gasteiger charge is -2.17. The first-order valence-corrected chi connectivity index (χ1v) is 11.9. The molecule has 180 valence electrons. The Morgan fingerprint density at radius 3 is 1.43 bits per heavy atom. The second kappa shape index (κ2) is 12.2. The highest BCUT2D eigenvalue weighted by molar-refractivity contribution is 5.73. The van der Waals surface area contributed by atoms with Crippen molar-refractivity contribution in [1.29, 1.82) is 0 Å². The maximum atomic E-state index is 11.4. The summed E-state index contributed by atoms with van der Waals surface area (Å²) in [6, 6.07) is 35.5. The van der Waals surface area contributed by atoms with Gasteiger partial charge in [0.25, 0.3) is 0 Å². The van der Waals surface area contributed by atoms with Gasteiger partial charge >= 0.3 is 5.97 Å². The molecule has 0 atom stereocenters. The first-order valence-electron chi connectivity index (χ1n) is 10.7. The number of carbonyl (C=O) groups is 1. The molecular formula is C27H24ClNO6. The number of halogens is 1. The van der Waals surface area contributed by atoms with E-state index in [4.69, 9.17) is 23.4 Å². The summed E-state index contributed by atoms with van der Waals surface area (Å²) in [7, 11) is -4.94. The lowest BCUT2D eigenvalue weighted by molar-refractivity contribution is -2.00. The zero-order valence-corrected chi connectivity index (χ0v) is 19.8. The predicted octanol–water partition coefficient (Wildman–Crippen LogP) is 0.782. The third-order valence-electron chi connectivity index (χ3n) is 5.03. The number of hydrogen-bond donors (Lipinski definition) is 0. The van der Waals surface area contributed by atoms with Crippen LogP contribution >= 0.6 is 0 Å². The van der Waals surface area contributed by atoms with Gasteiger partial charge in [-0.15, -0.1) is 10.2 Å². The van der Waals surface area contributed by atoms with Crippen molar-refractivity contribution in [2.75, 3.05) is 6.61 Å². The fourth-order valence-electron chi connectivity index (χ4n) is 3.64. The average Bonchev–Trinajstić information content (AvgIpc) is 2.84. The molecule has 1 aromatic heterocycles. The highest BCUT2D eigenvalue weighted by atomic mass is 35.7. The summed E-state index contributed by atoms with van der Waals surface area (Å²) in [5.41, 5.74) is 6.73. The van der Waals surface area contributed by atoms with Gasteiger partial charge in [-0.05, 0) is 35.4 Å². The van der Waals surface area contributed by atoms with Crippen LogP contribution in [0.25, 0.3) is 33.6 Å². The van der Waals surface area contributed by atoms with E-state index >= 15 is 0 Å². The fourth-order valence-corrected chi connectivity index (χ4v) is 3.64. The minimum Gasteiger partial charge on any atom is -0.459 e. The number of pyridine rings is 1. The second-order valence-electron chi connectivity index (χ2n) is 7.48. The van der Waals surface area contributed by atoms with Crippen molar-refractivity contribution in [1.82, 2.24) is 0 Å². The SMILES string of the molecule is CC(=O)OCC[n+]1c(-c2ccccc2)cc(-c2ccccc2)cc1-c1ccccc1.[O-][Cl+3]([O-])([O-])[O-]. The Morgan fingerprint density at radius 2 is 1.06 bits per heavy atom. The molecule has 0 aliphatic carbocycles. The molecule has 3 aromatic carbocycles. The van der Waals surface area contributed by atoms with E-state index in [0.29, 0.717) is 13.2 Å². The number of aromatic nitrogens is 1. The van der Waals surface area contributed by atoms with Crippen molar-refractivity contribution < 1.29 is 43.0 Å². The Hall–Kier alpha value is -3.59. The van der Waals surface area contributed by atoms with E-state index in [9.17, 15) is 4.79 Å². The number of ether oxygens (including phenoxy) is 1. The standard InChI is InChI=1S/C27H24NO2.ClHO4/c1-21(29)30-18-17-28-26(23-13-7-3-8-14-23)19-25(22-11-5-2-6-12-22)20-27(28)24-15-9-4-10-16-24;2-1(3,4)5/h2-16,19-20H,17-18H2,1H3;(H,2,3,4,5)/q+1;/p-1. The first kappa shape index (κ1) is 26.0. The number of esters is 1. The molecule has 4 aromatic rings. The van der Waals surface area contributed by atoms with Crippen LogP contribution in [0.5, 0.6) is 0 Å². The monoisotopic (exact) mass is 493 g/mol. The van der Waals surface area contributed by atoms with Gasteiger partial charge < -0.3 is 4.74 Å². The van der Waals surface area contributed by atoms with Crippen molar-refractivity contribution in [3.05, 3.63) is 103 Å². The molecule has 0 radical (unpaired) electrons. The van der Waals surface area contributed by atoms with Crippen LogP contribution in [-0.2, 0) is 16.1 Å². The van der Waals surface area contributed by atoms with Crippen LogP contribution in [0, 0.1) is 10.2 Å². The quantitative estimate of drug-likeness (QED) is 0.289. The molecule has 0 saturated carbocycles. The molecule has 0 aliphatic rings. The molecule has 0 fully saturated rings. The molecule has 0 aliphatic heterocycles. The lowest BCUT2D eigenvalue weighted by Crippen LogP contribution is -2.68. The van der Waals surface area contributed by atoms with Gasteiger partial charge in [0, 0.05) is 30.2 Å². The molecule has 4 rings (SSSR count). The van der Waals surface area contributed by atoms with E-state index < -0.39 is 10.2 Å². The van der Waals surface area contributed by atoms with Gasteiger partial charge in [-0.3, -0.25) is 4.79 Å². The second-order valence-corrected chi connectivity index (χ2v) is 8.24. The third kappa shape index (κ3) is 8.29. The van der Waals surface area contributed by atoms with Crippen LogP contribution in [0.1, 0.15) is 6.92 Å². The summed E-state index contributed by atoms with van der Waals surface area (Å²) >= 11 is 0. The van der Waals surface area contributed by atoms with Crippen LogP contribution < -0.4 is 23.2 Å². The molecule has 0 N–H and O–H groups in total. The molecule has 0 amide bonds. The van der Waals surface area contributed by atoms with Gasteiger partial charge in [-0.2, -0.15) is 4.57 Å². The predicted molar refractivity (Wildman–Crippen MR) is 120 cm³/mol. The van der Waals surface area contributed by atoms with E-state index in [1.165, 1.54) is 12.5 Å². The largest absolute Gasteiger partial charge is 0.459 e. The topological polar surface area (TPSA) is 122 Å². The summed E-state index contributed by atoms with van der Waals surface area (Å²) in [6.45, 7) is 2.34. The van der Waals surface area contributed by atoms with Crippen molar-refractivity contribution in [3.8, 4) is 33.6 Å². The van der Waals surface area contributed by atoms with Gasteiger partial charge in [0.1, 0.15) is 0 Å². The highest BCUT2D eigenvalue weighted by Crippen LogP contribution is 2.29. The number of rotatable bonds is 6. The zero-order chi connectivity index (χ0) is 25.3. The number of nitrogens with zero attached hydrogens (tertiary/aromatic N) is 1. The maximum absolute atomic E-state index is 11.4. The van der Waals surface area contributed by atoms with Crippen molar-refractivity contribution in [2.24, 2.45) is 0 Å². The molecule has 7 nitrogen and oxygen atoms in total.